The van der Waals surface area contributed by atoms with Crippen molar-refractivity contribution in [3.05, 3.63) is 35.4 Å². The molecular formula is C18H23NO3. The summed E-state index contributed by atoms with van der Waals surface area (Å²) in [4.78, 5) is 25.7. The summed E-state index contributed by atoms with van der Waals surface area (Å²) in [7, 11) is 0. The Kier molecular flexibility index (Phi) is 3.94. The average molecular weight is 301 g/mol. The first-order valence-corrected chi connectivity index (χ1v) is 8.07. The van der Waals surface area contributed by atoms with E-state index in [2.05, 4.69) is 31.2 Å². The molecule has 4 heteroatoms. The van der Waals surface area contributed by atoms with Gasteiger partial charge in [0.2, 0.25) is 0 Å². The van der Waals surface area contributed by atoms with E-state index in [4.69, 9.17) is 4.74 Å². The maximum Gasteiger partial charge on any atom is 0.410 e. The largest absolute Gasteiger partial charge is 0.443 e. The zero-order chi connectivity index (χ0) is 15.7. The van der Waals surface area contributed by atoms with Crippen LogP contribution >= 0.6 is 0 Å². The zero-order valence-electron chi connectivity index (χ0n) is 13.3. The summed E-state index contributed by atoms with van der Waals surface area (Å²) in [5.41, 5.74) is 1.94. The summed E-state index contributed by atoms with van der Waals surface area (Å²) in [6.45, 7) is 4.79. The summed E-state index contributed by atoms with van der Waals surface area (Å²) in [5, 5.41) is 0. The molecule has 118 valence electrons. The van der Waals surface area contributed by atoms with Crippen molar-refractivity contribution in [1.29, 1.82) is 0 Å². The van der Waals surface area contributed by atoms with E-state index in [-0.39, 0.29) is 17.9 Å². The van der Waals surface area contributed by atoms with Gasteiger partial charge in [0.25, 0.3) is 0 Å². The van der Waals surface area contributed by atoms with Gasteiger partial charge in [0.1, 0.15) is 11.4 Å². The monoisotopic (exact) mass is 301 g/mol. The molecule has 1 saturated heterocycles. The molecule has 0 aromatic heterocycles. The highest BCUT2D eigenvalue weighted by molar-refractivity contribution is 5.80. The molecule has 1 unspecified atom stereocenters. The van der Waals surface area contributed by atoms with Gasteiger partial charge in [-0.05, 0) is 32.3 Å². The number of carbonyl (C=O) groups excluding carboxylic acids is 2. The van der Waals surface area contributed by atoms with Crippen molar-refractivity contribution in [2.24, 2.45) is 0 Å². The van der Waals surface area contributed by atoms with Gasteiger partial charge in [0.15, 0.2) is 0 Å². The molecule has 1 aliphatic heterocycles. The molecule has 0 bridgehead atoms. The first kappa shape index (κ1) is 15.1. The first-order valence-electron chi connectivity index (χ1n) is 8.07. The van der Waals surface area contributed by atoms with Gasteiger partial charge >= 0.3 is 6.09 Å². The maximum atomic E-state index is 12.4. The molecule has 1 aliphatic carbocycles. The van der Waals surface area contributed by atoms with Crippen molar-refractivity contribution in [2.75, 3.05) is 6.54 Å². The highest BCUT2D eigenvalue weighted by Gasteiger charge is 2.44. The smallest absolute Gasteiger partial charge is 0.410 e. The lowest BCUT2D eigenvalue weighted by Gasteiger charge is -2.44. The predicted octanol–water partition coefficient (Wildman–Crippen LogP) is 3.78. The first-order chi connectivity index (χ1) is 10.5. The molecule has 0 radical (unpaired) electrons. The minimum absolute atomic E-state index is 0.00988. The second kappa shape index (κ2) is 5.75. The molecule has 0 N–H and O–H groups in total. The highest BCUT2D eigenvalue weighted by atomic mass is 16.6. The Balaban J connectivity index is 1.69. The SMILES string of the molecule is Cc1ccc(C(C)N2CCC3(CCC(=O)CC3)OC2=O)cc1. The van der Waals surface area contributed by atoms with E-state index in [0.29, 0.717) is 32.2 Å². The van der Waals surface area contributed by atoms with Crippen LogP contribution < -0.4 is 0 Å². The predicted molar refractivity (Wildman–Crippen MR) is 83.6 cm³/mol. The minimum Gasteiger partial charge on any atom is -0.443 e. The van der Waals surface area contributed by atoms with E-state index >= 15 is 0 Å². The summed E-state index contributed by atoms with van der Waals surface area (Å²) in [6.07, 6.45) is 3.03. The van der Waals surface area contributed by atoms with E-state index < -0.39 is 5.60 Å². The van der Waals surface area contributed by atoms with Gasteiger partial charge in [0.05, 0.1) is 6.04 Å². The van der Waals surface area contributed by atoms with Gasteiger partial charge in [-0.15, -0.1) is 0 Å². The van der Waals surface area contributed by atoms with Crippen LogP contribution in [0.1, 0.15) is 56.2 Å². The third-order valence-electron chi connectivity index (χ3n) is 5.09. The van der Waals surface area contributed by atoms with Gasteiger partial charge in [-0.3, -0.25) is 4.79 Å². The summed E-state index contributed by atoms with van der Waals surface area (Å²) in [5.74, 6) is 0.289. The number of hydrogen-bond acceptors (Lipinski definition) is 3. The van der Waals surface area contributed by atoms with Gasteiger partial charge in [-0.25, -0.2) is 4.79 Å². The fraction of sp³-hybridized carbons (Fsp3) is 0.556. The van der Waals surface area contributed by atoms with Crippen LogP contribution in [0.5, 0.6) is 0 Å². The number of rotatable bonds is 2. The second-order valence-corrected chi connectivity index (χ2v) is 6.62. The van der Waals surface area contributed by atoms with E-state index in [1.165, 1.54) is 5.56 Å². The fourth-order valence-electron chi connectivity index (χ4n) is 3.42. The molecule has 1 aromatic rings. The number of ether oxygens (including phenoxy) is 1. The van der Waals surface area contributed by atoms with Crippen LogP contribution in [0.15, 0.2) is 24.3 Å². The molecule has 1 amide bonds. The third kappa shape index (κ3) is 2.87. The van der Waals surface area contributed by atoms with Crippen molar-refractivity contribution in [2.45, 2.75) is 57.6 Å². The summed E-state index contributed by atoms with van der Waals surface area (Å²) < 4.78 is 5.78. The second-order valence-electron chi connectivity index (χ2n) is 6.62. The van der Waals surface area contributed by atoms with Crippen LogP contribution in [0.2, 0.25) is 0 Å². The van der Waals surface area contributed by atoms with Crippen molar-refractivity contribution in [3.8, 4) is 0 Å². The summed E-state index contributed by atoms with van der Waals surface area (Å²) >= 11 is 0. The van der Waals surface area contributed by atoms with Gasteiger partial charge in [-0.2, -0.15) is 0 Å². The molecule has 4 nitrogen and oxygen atoms in total. The Morgan fingerprint density at radius 3 is 2.32 bits per heavy atom. The zero-order valence-corrected chi connectivity index (χ0v) is 13.3. The average Bonchev–Trinajstić information content (AvgIpc) is 2.51. The van der Waals surface area contributed by atoms with Gasteiger partial charge < -0.3 is 9.64 Å². The number of aryl methyl sites for hydroxylation is 1. The maximum absolute atomic E-state index is 12.4. The van der Waals surface area contributed by atoms with Crippen LogP contribution in [0.3, 0.4) is 0 Å². The number of carbonyl (C=O) groups is 2. The molecule has 3 rings (SSSR count). The lowest BCUT2D eigenvalue weighted by Crippen LogP contribution is -2.51. The molecular weight excluding hydrogens is 278 g/mol. The Morgan fingerprint density at radius 2 is 1.73 bits per heavy atom. The molecule has 2 aliphatic rings. The summed E-state index contributed by atoms with van der Waals surface area (Å²) in [6, 6.07) is 8.27. The van der Waals surface area contributed by atoms with Crippen LogP contribution in [0.25, 0.3) is 0 Å². The Bertz CT molecular complexity index is 568. The number of amides is 1. The van der Waals surface area contributed by atoms with E-state index in [1.54, 1.807) is 4.90 Å². The van der Waals surface area contributed by atoms with Gasteiger partial charge in [0, 0.05) is 25.8 Å². The van der Waals surface area contributed by atoms with Crippen molar-refractivity contribution in [3.63, 3.8) is 0 Å². The van der Waals surface area contributed by atoms with Crippen LogP contribution in [-0.4, -0.2) is 28.9 Å². The number of nitrogens with zero attached hydrogens (tertiary/aromatic N) is 1. The molecule has 1 aromatic carbocycles. The molecule has 1 atom stereocenters. The number of Topliss-reactive ketones (excluding diaryl/α,β-unsaturated/α-hetero) is 1. The third-order valence-corrected chi connectivity index (χ3v) is 5.09. The molecule has 22 heavy (non-hydrogen) atoms. The quantitative estimate of drug-likeness (QED) is 0.835. The van der Waals surface area contributed by atoms with Crippen molar-refractivity contribution >= 4 is 11.9 Å². The van der Waals surface area contributed by atoms with Crippen LogP contribution in [0.4, 0.5) is 4.79 Å². The van der Waals surface area contributed by atoms with E-state index in [9.17, 15) is 9.59 Å². The minimum atomic E-state index is -0.394. The standard InChI is InChI=1S/C18H23NO3/c1-13-3-5-15(6-4-13)14(2)19-12-11-18(22-17(19)21)9-7-16(20)8-10-18/h3-6,14H,7-12H2,1-2H3. The molecule has 1 spiro atoms. The number of benzene rings is 1. The van der Waals surface area contributed by atoms with E-state index in [0.717, 1.165) is 12.0 Å². The van der Waals surface area contributed by atoms with Crippen molar-refractivity contribution < 1.29 is 14.3 Å². The topological polar surface area (TPSA) is 46.6 Å². The Labute approximate surface area is 131 Å². The lowest BCUT2D eigenvalue weighted by molar-refractivity contribution is -0.129. The molecule has 2 fully saturated rings. The molecule has 1 heterocycles. The van der Waals surface area contributed by atoms with E-state index in [1.807, 2.05) is 6.92 Å². The van der Waals surface area contributed by atoms with Crippen LogP contribution in [0, 0.1) is 6.92 Å². The highest BCUT2D eigenvalue weighted by Crippen LogP contribution is 2.38. The Morgan fingerprint density at radius 1 is 1.09 bits per heavy atom. The Hall–Kier alpha value is -1.84. The lowest BCUT2D eigenvalue weighted by atomic mass is 9.80. The van der Waals surface area contributed by atoms with Gasteiger partial charge in [-0.1, -0.05) is 29.8 Å². The number of ketones is 1. The van der Waals surface area contributed by atoms with Crippen molar-refractivity contribution in [1.82, 2.24) is 4.90 Å². The fourth-order valence-corrected chi connectivity index (χ4v) is 3.42. The molecule has 1 saturated carbocycles. The number of hydrogen-bond donors (Lipinski definition) is 0. The van der Waals surface area contributed by atoms with Crippen LogP contribution in [-0.2, 0) is 9.53 Å². The normalized spacial score (nSPS) is 22.5.